The first-order chi connectivity index (χ1) is 22.0. The third kappa shape index (κ3) is 9.78. The predicted octanol–water partition coefficient (Wildman–Crippen LogP) is 4.29. The fraction of sp³-hybridized carbons (Fsp3) is 0.333. The summed E-state index contributed by atoms with van der Waals surface area (Å²) in [5.74, 6) is 1.80. The lowest BCUT2D eigenvalue weighted by Crippen LogP contribution is -2.40. The Kier molecular flexibility index (Phi) is 11.3. The molecule has 0 unspecified atom stereocenters. The Balaban J connectivity index is 1.59. The quantitative estimate of drug-likeness (QED) is 0.205. The van der Waals surface area contributed by atoms with Crippen molar-refractivity contribution in [1.29, 1.82) is 0 Å². The summed E-state index contributed by atoms with van der Waals surface area (Å²) in [6.07, 6.45) is 3.82. The van der Waals surface area contributed by atoms with Crippen LogP contribution in [-0.2, 0) is 24.5 Å². The summed E-state index contributed by atoms with van der Waals surface area (Å²) < 4.78 is 23.5. The lowest BCUT2D eigenvalue weighted by molar-refractivity contribution is 0.0211. The highest BCUT2D eigenvalue weighted by molar-refractivity contribution is 5.68. The molecule has 4 aromatic rings. The number of amides is 1. The van der Waals surface area contributed by atoms with Crippen LogP contribution in [0, 0.1) is 0 Å². The van der Waals surface area contributed by atoms with E-state index in [4.69, 9.17) is 29.5 Å². The topological polar surface area (TPSA) is 152 Å². The van der Waals surface area contributed by atoms with Gasteiger partial charge >= 0.3 is 6.09 Å². The molecule has 46 heavy (non-hydrogen) atoms. The van der Waals surface area contributed by atoms with Gasteiger partial charge in [0.1, 0.15) is 42.5 Å². The minimum Gasteiger partial charge on any atom is -0.497 e. The second-order valence-corrected chi connectivity index (χ2v) is 11.2. The zero-order chi connectivity index (χ0) is 33.1. The Bertz CT molecular complexity index is 1640. The Morgan fingerprint density at radius 1 is 0.978 bits per heavy atom. The zero-order valence-corrected chi connectivity index (χ0v) is 26.7. The van der Waals surface area contributed by atoms with Gasteiger partial charge in [-0.1, -0.05) is 24.3 Å². The molecular formula is C33H40N6O7. The number of benzene rings is 2. The molecule has 0 radical (unpaired) electrons. The van der Waals surface area contributed by atoms with E-state index < -0.39 is 11.7 Å². The molecule has 244 valence electrons. The van der Waals surface area contributed by atoms with E-state index in [1.165, 1.54) is 28.2 Å². The van der Waals surface area contributed by atoms with Crippen molar-refractivity contribution in [2.24, 2.45) is 0 Å². The third-order valence-corrected chi connectivity index (χ3v) is 6.59. The largest absolute Gasteiger partial charge is 0.497 e. The first-order valence-electron chi connectivity index (χ1n) is 14.6. The zero-order valence-electron chi connectivity index (χ0n) is 26.7. The first kappa shape index (κ1) is 33.4. The van der Waals surface area contributed by atoms with Gasteiger partial charge in [-0.3, -0.25) is 4.79 Å². The molecule has 1 amide bonds. The van der Waals surface area contributed by atoms with Crippen molar-refractivity contribution in [3.63, 3.8) is 0 Å². The molecule has 2 heterocycles. The van der Waals surface area contributed by atoms with Crippen molar-refractivity contribution in [1.82, 2.24) is 19.6 Å². The number of pyridine rings is 1. The summed E-state index contributed by atoms with van der Waals surface area (Å²) in [7, 11) is 3.19. The number of carbonyl (C=O) groups is 1. The smallest absolute Gasteiger partial charge is 0.410 e. The second-order valence-electron chi connectivity index (χ2n) is 11.2. The lowest BCUT2D eigenvalue weighted by Gasteiger charge is -2.28. The minimum atomic E-state index is -0.746. The molecule has 13 heteroatoms. The fourth-order valence-electron chi connectivity index (χ4n) is 4.19. The maximum Gasteiger partial charge on any atom is 0.410 e. The minimum absolute atomic E-state index is 0.00597. The molecule has 0 fully saturated rings. The highest BCUT2D eigenvalue weighted by atomic mass is 16.7. The van der Waals surface area contributed by atoms with E-state index in [1.807, 2.05) is 48.5 Å². The van der Waals surface area contributed by atoms with Gasteiger partial charge in [0.2, 0.25) is 5.43 Å². The number of ether oxygens (including phenoxy) is 4. The maximum atomic E-state index is 13.3. The Hall–Kier alpha value is -5.46. The van der Waals surface area contributed by atoms with Crippen LogP contribution >= 0.6 is 0 Å². The lowest BCUT2D eigenvalue weighted by atomic mass is 10.2. The maximum absolute atomic E-state index is 13.3. The summed E-state index contributed by atoms with van der Waals surface area (Å²) in [6, 6.07) is 16.1. The number of hydrogen-bond acceptors (Lipinski definition) is 11. The van der Waals surface area contributed by atoms with Crippen molar-refractivity contribution in [2.75, 3.05) is 38.4 Å². The van der Waals surface area contributed by atoms with E-state index in [-0.39, 0.29) is 43.3 Å². The number of nitrogens with one attached hydrogen (secondary N) is 1. The predicted molar refractivity (Wildman–Crippen MR) is 173 cm³/mol. The highest BCUT2D eigenvalue weighted by Gasteiger charge is 2.24. The molecule has 0 bridgehead atoms. The Morgan fingerprint density at radius 2 is 1.61 bits per heavy atom. The molecule has 0 spiro atoms. The van der Waals surface area contributed by atoms with Crippen LogP contribution in [0.4, 0.5) is 16.3 Å². The molecule has 0 aliphatic carbocycles. The van der Waals surface area contributed by atoms with E-state index in [0.29, 0.717) is 29.4 Å². The van der Waals surface area contributed by atoms with Gasteiger partial charge in [-0.2, -0.15) is 4.73 Å². The Labute approximate surface area is 267 Å². The first-order valence-corrected chi connectivity index (χ1v) is 14.6. The second kappa shape index (κ2) is 15.5. The summed E-state index contributed by atoms with van der Waals surface area (Å²) in [5.41, 5.74) is 7.46. The summed E-state index contributed by atoms with van der Waals surface area (Å²) in [4.78, 5) is 42.2. The van der Waals surface area contributed by atoms with Gasteiger partial charge in [-0.25, -0.2) is 14.8 Å². The number of carbonyl (C=O) groups excluding carboxylic acids is 1. The number of aromatic nitrogens is 3. The average Bonchev–Trinajstić information content (AvgIpc) is 3.03. The van der Waals surface area contributed by atoms with Crippen LogP contribution in [0.3, 0.4) is 0 Å². The molecule has 2 aromatic carbocycles. The van der Waals surface area contributed by atoms with Crippen LogP contribution in [0.1, 0.15) is 37.6 Å². The van der Waals surface area contributed by atoms with Crippen molar-refractivity contribution < 1.29 is 28.6 Å². The molecule has 2 aromatic heterocycles. The normalized spacial score (nSPS) is 11.0. The van der Waals surface area contributed by atoms with E-state index in [2.05, 4.69) is 15.3 Å². The summed E-state index contributed by atoms with van der Waals surface area (Å²) in [5, 5.41) is 3.14. The average molecular weight is 633 g/mol. The monoisotopic (exact) mass is 632 g/mol. The van der Waals surface area contributed by atoms with Crippen LogP contribution < -0.4 is 35.5 Å². The number of methoxy groups -OCH3 is 2. The van der Waals surface area contributed by atoms with Crippen LogP contribution in [0.5, 0.6) is 17.2 Å². The third-order valence-electron chi connectivity index (χ3n) is 6.59. The number of nitrogens with zero attached hydrogens (tertiary/aromatic N) is 4. The van der Waals surface area contributed by atoms with Crippen LogP contribution in [0.25, 0.3) is 0 Å². The van der Waals surface area contributed by atoms with Gasteiger partial charge in [0.05, 0.1) is 44.5 Å². The van der Waals surface area contributed by atoms with Gasteiger partial charge < -0.3 is 39.7 Å². The SMILES string of the molecule is COc1ccc(COc2cn(OCc3ccc(OC)cc3)c(CN(CCNc3cncnc3N)C(=O)OC(C)(C)C)cc2=O)cc1. The van der Waals surface area contributed by atoms with E-state index in [1.54, 1.807) is 41.2 Å². The van der Waals surface area contributed by atoms with Gasteiger partial charge in [-0.15, -0.1) is 0 Å². The number of hydrogen-bond donors (Lipinski definition) is 2. The van der Waals surface area contributed by atoms with Crippen LogP contribution in [-0.4, -0.2) is 58.6 Å². The van der Waals surface area contributed by atoms with Gasteiger partial charge in [0, 0.05) is 19.2 Å². The van der Waals surface area contributed by atoms with E-state index in [9.17, 15) is 9.59 Å². The molecule has 0 atom stereocenters. The molecule has 4 rings (SSSR count). The summed E-state index contributed by atoms with van der Waals surface area (Å²) in [6.45, 7) is 6.17. The van der Waals surface area contributed by atoms with Crippen molar-refractivity contribution in [3.8, 4) is 17.2 Å². The van der Waals surface area contributed by atoms with Crippen LogP contribution in [0.15, 0.2) is 78.1 Å². The molecule has 3 N–H and O–H groups in total. The van der Waals surface area contributed by atoms with Gasteiger partial charge in [0.25, 0.3) is 0 Å². The molecule has 0 saturated heterocycles. The molecular weight excluding hydrogens is 592 g/mol. The van der Waals surface area contributed by atoms with Gasteiger partial charge in [0.15, 0.2) is 5.75 Å². The van der Waals surface area contributed by atoms with Gasteiger partial charge in [-0.05, 0) is 56.2 Å². The fourth-order valence-corrected chi connectivity index (χ4v) is 4.19. The molecule has 13 nitrogen and oxygen atoms in total. The van der Waals surface area contributed by atoms with Crippen molar-refractivity contribution >= 4 is 17.6 Å². The standard InChI is InChI=1S/C33H40N6O7/c1-33(2,3)46-32(41)38(15-14-36-28-17-35-22-37-31(28)34)18-25-16-29(40)30(44-20-23-6-10-26(42-4)11-7-23)19-39(25)45-21-24-8-12-27(43-5)13-9-24/h6-13,16-17,19,22,36H,14-15,18,20-21H2,1-5H3,(H2,34,35,37). The molecule has 0 saturated carbocycles. The number of nitrogen functional groups attached to an aromatic ring is 1. The van der Waals surface area contributed by atoms with Crippen molar-refractivity contribution in [2.45, 2.75) is 46.1 Å². The molecule has 0 aliphatic rings. The van der Waals surface area contributed by atoms with Crippen LogP contribution in [0.2, 0.25) is 0 Å². The van der Waals surface area contributed by atoms with E-state index >= 15 is 0 Å². The highest BCUT2D eigenvalue weighted by Crippen LogP contribution is 2.18. The Morgan fingerprint density at radius 3 is 2.20 bits per heavy atom. The number of anilines is 2. The summed E-state index contributed by atoms with van der Waals surface area (Å²) >= 11 is 0. The van der Waals surface area contributed by atoms with E-state index in [0.717, 1.165) is 11.1 Å². The number of rotatable bonds is 14. The number of nitrogens with two attached hydrogens (primary N) is 1. The van der Waals surface area contributed by atoms with Crippen molar-refractivity contribution in [3.05, 3.63) is 100 Å². The molecule has 0 aliphatic heterocycles.